The third-order valence-corrected chi connectivity index (χ3v) is 10.5. The Hall–Kier alpha value is -5.14. The van der Waals surface area contributed by atoms with E-state index in [1.54, 1.807) is 48.5 Å². The van der Waals surface area contributed by atoms with Crippen molar-refractivity contribution in [2.24, 2.45) is 5.92 Å². The molecule has 270 valence electrons. The lowest BCUT2D eigenvalue weighted by molar-refractivity contribution is -0.145. The topological polar surface area (TPSA) is 174 Å². The number of carboxylic acids is 1. The predicted octanol–water partition coefficient (Wildman–Crippen LogP) is 4.29. The van der Waals surface area contributed by atoms with Crippen LogP contribution in [0.15, 0.2) is 54.9 Å². The van der Waals surface area contributed by atoms with Gasteiger partial charge in [0.2, 0.25) is 11.8 Å². The smallest absolute Gasteiger partial charge is 0.408 e. The fourth-order valence-electron chi connectivity index (χ4n) is 7.57. The quantitative estimate of drug-likeness (QED) is 0.302. The van der Waals surface area contributed by atoms with Gasteiger partial charge in [0.1, 0.15) is 41.3 Å². The second kappa shape index (κ2) is 14.6. The second-order valence-corrected chi connectivity index (χ2v) is 13.9. The first-order valence-electron chi connectivity index (χ1n) is 17.9. The summed E-state index contributed by atoms with van der Waals surface area (Å²) in [5.41, 5.74) is -0.844. The first-order valence-corrected chi connectivity index (χ1v) is 17.9. The number of hydrogen-bond acceptors (Lipinski definition) is 9. The molecule has 3 amide bonds. The SMILES string of the molecule is COc1ccc2c(O[C@@H]3C[C@H]4C(=O)N[C@]5(C(=O)O)C[C@H]5/C=C\CCCCC[C@@H](NC(=O)OC5CCCC5)C(=O)N4C3)cc(-n3cccn3)nc2c1. The van der Waals surface area contributed by atoms with E-state index in [4.69, 9.17) is 19.2 Å². The fraction of sp³-hybridized carbons (Fsp3) is 0.514. The molecule has 0 spiro atoms. The molecule has 5 atom stereocenters. The highest BCUT2D eigenvalue weighted by molar-refractivity contribution is 5.96. The zero-order chi connectivity index (χ0) is 35.5. The number of nitrogens with one attached hydrogen (secondary N) is 2. The molecule has 4 aliphatic rings. The molecule has 2 aliphatic heterocycles. The number of hydrogen-bond donors (Lipinski definition) is 3. The number of rotatable bonds is 7. The largest absolute Gasteiger partial charge is 0.497 e. The van der Waals surface area contributed by atoms with Crippen molar-refractivity contribution in [3.05, 3.63) is 54.9 Å². The molecule has 3 N–H and O–H groups in total. The number of amides is 3. The summed E-state index contributed by atoms with van der Waals surface area (Å²) in [4.78, 5) is 60.3. The van der Waals surface area contributed by atoms with Crippen LogP contribution in [0.25, 0.3) is 16.7 Å². The normalized spacial score (nSPS) is 27.7. The Morgan fingerprint density at radius 3 is 2.65 bits per heavy atom. The minimum Gasteiger partial charge on any atom is -0.497 e. The number of allylic oxidation sites excluding steroid dienone is 1. The maximum atomic E-state index is 14.4. The monoisotopic (exact) mass is 700 g/mol. The number of carbonyl (C=O) groups is 4. The number of carbonyl (C=O) groups excluding carboxylic acids is 3. The van der Waals surface area contributed by atoms with E-state index in [-0.39, 0.29) is 31.4 Å². The Morgan fingerprint density at radius 2 is 1.88 bits per heavy atom. The van der Waals surface area contributed by atoms with E-state index >= 15 is 0 Å². The number of fused-ring (bicyclic) bond motifs is 3. The van der Waals surface area contributed by atoms with Crippen LogP contribution in [0.2, 0.25) is 0 Å². The lowest BCUT2D eigenvalue weighted by atomic mass is 10.0. The van der Waals surface area contributed by atoms with Crippen molar-refractivity contribution in [2.45, 2.75) is 100 Å². The molecule has 1 aromatic carbocycles. The van der Waals surface area contributed by atoms with Crippen molar-refractivity contribution < 1.29 is 38.5 Å². The number of alkyl carbamates (subject to hydrolysis) is 1. The first kappa shape index (κ1) is 34.3. The van der Waals surface area contributed by atoms with Gasteiger partial charge in [-0.3, -0.25) is 9.59 Å². The molecular formula is C37H44N6O8. The van der Waals surface area contributed by atoms with Crippen LogP contribution in [-0.4, -0.2) is 92.1 Å². The first-order chi connectivity index (χ1) is 24.7. The van der Waals surface area contributed by atoms with Gasteiger partial charge in [0.15, 0.2) is 5.82 Å². The molecule has 0 bridgehead atoms. The third-order valence-electron chi connectivity index (χ3n) is 10.5. The molecule has 14 heteroatoms. The van der Waals surface area contributed by atoms with Gasteiger partial charge in [-0.05, 0) is 69.6 Å². The van der Waals surface area contributed by atoms with Gasteiger partial charge in [-0.1, -0.05) is 25.0 Å². The molecule has 2 aromatic heterocycles. The molecule has 2 saturated carbocycles. The highest BCUT2D eigenvalue weighted by Gasteiger charge is 2.61. The van der Waals surface area contributed by atoms with Crippen LogP contribution in [0.1, 0.15) is 70.6 Å². The lowest BCUT2D eigenvalue weighted by Gasteiger charge is -2.29. The summed E-state index contributed by atoms with van der Waals surface area (Å²) >= 11 is 0. The number of aliphatic carboxylic acids is 1. The summed E-state index contributed by atoms with van der Waals surface area (Å²) in [6.07, 6.45) is 13.1. The fourth-order valence-corrected chi connectivity index (χ4v) is 7.57. The van der Waals surface area contributed by atoms with Gasteiger partial charge in [-0.25, -0.2) is 19.3 Å². The van der Waals surface area contributed by atoms with E-state index in [0.29, 0.717) is 41.1 Å². The van der Waals surface area contributed by atoms with E-state index < -0.39 is 47.6 Å². The second-order valence-electron chi connectivity index (χ2n) is 13.9. The van der Waals surface area contributed by atoms with Crippen molar-refractivity contribution in [1.29, 1.82) is 0 Å². The summed E-state index contributed by atoms with van der Waals surface area (Å²) in [6.45, 7) is 0.0350. The summed E-state index contributed by atoms with van der Waals surface area (Å²) in [6, 6.07) is 6.98. The molecular weight excluding hydrogens is 656 g/mol. The molecule has 2 aliphatic carbocycles. The molecule has 0 radical (unpaired) electrons. The number of carboxylic acid groups (broad SMARTS) is 1. The Labute approximate surface area is 295 Å². The summed E-state index contributed by atoms with van der Waals surface area (Å²) in [5.74, 6) is -0.887. The van der Waals surface area contributed by atoms with Gasteiger partial charge in [-0.2, -0.15) is 5.10 Å². The van der Waals surface area contributed by atoms with Crippen molar-refractivity contribution in [1.82, 2.24) is 30.3 Å². The number of pyridine rings is 1. The molecule has 3 aromatic rings. The highest BCUT2D eigenvalue weighted by Crippen LogP contribution is 2.45. The number of aromatic nitrogens is 3. The van der Waals surface area contributed by atoms with Crippen LogP contribution < -0.4 is 20.1 Å². The third kappa shape index (κ3) is 7.35. The average molecular weight is 701 g/mol. The highest BCUT2D eigenvalue weighted by atomic mass is 16.6. The Bertz CT molecular complexity index is 1810. The van der Waals surface area contributed by atoms with Crippen LogP contribution >= 0.6 is 0 Å². The van der Waals surface area contributed by atoms with E-state index in [1.165, 1.54) is 4.90 Å². The number of ether oxygens (including phenoxy) is 3. The van der Waals surface area contributed by atoms with Crippen molar-refractivity contribution in [2.75, 3.05) is 13.7 Å². The van der Waals surface area contributed by atoms with Crippen LogP contribution in [0.3, 0.4) is 0 Å². The Kier molecular flexibility index (Phi) is 9.83. The van der Waals surface area contributed by atoms with Gasteiger partial charge in [-0.15, -0.1) is 0 Å². The van der Waals surface area contributed by atoms with E-state index in [0.717, 1.165) is 44.9 Å². The van der Waals surface area contributed by atoms with Crippen LogP contribution in [0.4, 0.5) is 4.79 Å². The Balaban J connectivity index is 1.20. The zero-order valence-electron chi connectivity index (χ0n) is 28.7. The average Bonchev–Trinajstić information content (AvgIpc) is 3.61. The van der Waals surface area contributed by atoms with Crippen LogP contribution in [0, 0.1) is 5.92 Å². The van der Waals surface area contributed by atoms with E-state index in [1.807, 2.05) is 18.2 Å². The number of methoxy groups -OCH3 is 1. The van der Waals surface area contributed by atoms with Gasteiger partial charge in [0, 0.05) is 42.3 Å². The molecule has 1 saturated heterocycles. The Morgan fingerprint density at radius 1 is 1.06 bits per heavy atom. The molecule has 4 heterocycles. The van der Waals surface area contributed by atoms with Crippen LogP contribution in [-0.2, 0) is 19.1 Å². The predicted molar refractivity (Wildman–Crippen MR) is 184 cm³/mol. The lowest BCUT2D eigenvalue weighted by Crippen LogP contribution is -2.56. The number of benzene rings is 1. The van der Waals surface area contributed by atoms with Gasteiger partial charge in [0.05, 0.1) is 19.2 Å². The molecule has 14 nitrogen and oxygen atoms in total. The van der Waals surface area contributed by atoms with Crippen LogP contribution in [0.5, 0.6) is 11.5 Å². The van der Waals surface area contributed by atoms with Gasteiger partial charge >= 0.3 is 12.1 Å². The maximum absolute atomic E-state index is 14.4. The number of nitrogens with zero attached hydrogens (tertiary/aromatic N) is 4. The molecule has 51 heavy (non-hydrogen) atoms. The van der Waals surface area contributed by atoms with E-state index in [2.05, 4.69) is 15.7 Å². The maximum Gasteiger partial charge on any atom is 0.408 e. The van der Waals surface area contributed by atoms with Crippen molar-refractivity contribution in [3.63, 3.8) is 0 Å². The van der Waals surface area contributed by atoms with Crippen molar-refractivity contribution >= 4 is 34.8 Å². The summed E-state index contributed by atoms with van der Waals surface area (Å²) < 4.78 is 19.3. The van der Waals surface area contributed by atoms with Gasteiger partial charge in [0.25, 0.3) is 0 Å². The minimum absolute atomic E-state index is 0.0350. The zero-order valence-corrected chi connectivity index (χ0v) is 28.7. The minimum atomic E-state index is -1.44. The van der Waals surface area contributed by atoms with Gasteiger partial charge < -0.3 is 34.9 Å². The standard InChI is InChI=1S/C37H44N6O8/c1-49-25-14-15-27-29(18-25)39-32(43-17-9-16-38-43)20-31(27)50-26-19-30-33(44)41-37(35(46)47)21-23(37)10-5-3-2-4-6-13-28(34(45)42(30)22-26)40-36(48)51-24-11-7-8-12-24/h5,9-10,14-18,20,23-24,26,28,30H,2-4,6-8,11-13,19,21-22H2,1H3,(H,40,48)(H,41,44)(H,46,47)/b10-5-/t23-,26-,28-,30+,37-/m1/s1. The molecule has 0 unspecified atom stereocenters. The summed E-state index contributed by atoms with van der Waals surface area (Å²) in [7, 11) is 1.57. The van der Waals surface area contributed by atoms with Crippen molar-refractivity contribution in [3.8, 4) is 17.3 Å². The molecule has 7 rings (SSSR count). The summed E-state index contributed by atoms with van der Waals surface area (Å²) in [5, 5.41) is 20.8. The van der Waals surface area contributed by atoms with E-state index in [9.17, 15) is 24.3 Å². The molecule has 3 fully saturated rings.